The van der Waals surface area contributed by atoms with E-state index in [1.165, 1.54) is 0 Å². The number of hydrogen-bond acceptors (Lipinski definition) is 4. The van der Waals surface area contributed by atoms with Crippen LogP contribution in [0.5, 0.6) is 0 Å². The van der Waals surface area contributed by atoms with Gasteiger partial charge in [-0.05, 0) is 91.8 Å². The van der Waals surface area contributed by atoms with E-state index in [-0.39, 0.29) is 33.3 Å². The van der Waals surface area contributed by atoms with Gasteiger partial charge in [0.05, 0.1) is 12.2 Å². The Morgan fingerprint density at radius 3 is 2.29 bits per heavy atom. The standard InChI is InChI=1S/C29H49BrO4/c1-7-19(16(2)3)26(33)25(32)17(4)21-8-9-22-20-14-24(31)29(34)15-18(30)10-13-28(29,6)23(20)11-12-27(21,22)5/h16-23,25-26,32-34H,7-15H2,1-6H3/t17-,18-,19-,20-,21+,22-,23-,25?,26?,27+,28+,29-/m0/s1. The van der Waals surface area contributed by atoms with Crippen molar-refractivity contribution in [3.8, 4) is 0 Å². The summed E-state index contributed by atoms with van der Waals surface area (Å²) in [6.07, 6.45) is 6.77. The average Bonchev–Trinajstić information content (AvgIpc) is 3.12. The average molecular weight is 542 g/mol. The molecule has 0 aromatic heterocycles. The van der Waals surface area contributed by atoms with Crippen LogP contribution in [-0.4, -0.2) is 43.7 Å². The second-order valence-electron chi connectivity index (χ2n) is 13.5. The number of carbonyl (C=O) groups is 1. The lowest BCUT2D eigenvalue weighted by atomic mass is 9.43. The highest BCUT2D eigenvalue weighted by atomic mass is 79.9. The Bertz CT molecular complexity index is 771. The summed E-state index contributed by atoms with van der Waals surface area (Å²) in [7, 11) is 0. The molecule has 4 saturated carbocycles. The van der Waals surface area contributed by atoms with Crippen LogP contribution < -0.4 is 0 Å². The van der Waals surface area contributed by atoms with E-state index in [0.717, 1.165) is 44.9 Å². The lowest BCUT2D eigenvalue weighted by Gasteiger charge is -2.63. The smallest absolute Gasteiger partial charge is 0.165 e. The fourth-order valence-corrected chi connectivity index (χ4v) is 10.5. The number of carbonyl (C=O) groups excluding carboxylic acids is 1. The van der Waals surface area contributed by atoms with Crippen LogP contribution in [0.2, 0.25) is 0 Å². The van der Waals surface area contributed by atoms with Crippen molar-refractivity contribution in [3.63, 3.8) is 0 Å². The Morgan fingerprint density at radius 2 is 1.68 bits per heavy atom. The van der Waals surface area contributed by atoms with Gasteiger partial charge in [0.1, 0.15) is 5.60 Å². The summed E-state index contributed by atoms with van der Waals surface area (Å²) >= 11 is 3.70. The van der Waals surface area contributed by atoms with Crippen molar-refractivity contribution < 1.29 is 20.1 Å². The minimum absolute atomic E-state index is 0.0324. The first-order valence-electron chi connectivity index (χ1n) is 14.1. The Hall–Kier alpha value is 0.0300. The third-order valence-electron chi connectivity index (χ3n) is 11.9. The fraction of sp³-hybridized carbons (Fsp3) is 0.966. The van der Waals surface area contributed by atoms with Gasteiger partial charge in [-0.25, -0.2) is 0 Å². The Morgan fingerprint density at radius 1 is 1.00 bits per heavy atom. The molecule has 0 radical (unpaired) electrons. The molecule has 5 heteroatoms. The molecular formula is C29H49BrO4. The lowest BCUT2D eigenvalue weighted by molar-refractivity contribution is -0.203. The summed E-state index contributed by atoms with van der Waals surface area (Å²) in [5, 5.41) is 34.0. The van der Waals surface area contributed by atoms with Crippen molar-refractivity contribution in [1.29, 1.82) is 0 Å². The molecular weight excluding hydrogens is 492 g/mol. The van der Waals surface area contributed by atoms with E-state index in [1.807, 2.05) is 0 Å². The summed E-state index contributed by atoms with van der Waals surface area (Å²) in [5.74, 6) is 2.09. The first kappa shape index (κ1) is 27.1. The Labute approximate surface area is 215 Å². The van der Waals surface area contributed by atoms with Crippen LogP contribution in [0.15, 0.2) is 0 Å². The summed E-state index contributed by atoms with van der Waals surface area (Å²) < 4.78 is 0. The molecule has 0 spiro atoms. The van der Waals surface area contributed by atoms with Crippen molar-refractivity contribution in [2.75, 3.05) is 0 Å². The molecule has 0 aromatic carbocycles. The molecule has 0 bridgehead atoms. The van der Waals surface area contributed by atoms with E-state index in [0.29, 0.717) is 42.4 Å². The first-order chi connectivity index (χ1) is 15.8. The number of aliphatic hydroxyl groups excluding tert-OH is 2. The van der Waals surface area contributed by atoms with Gasteiger partial charge in [-0.3, -0.25) is 4.79 Å². The van der Waals surface area contributed by atoms with Crippen molar-refractivity contribution in [2.24, 2.45) is 52.3 Å². The minimum atomic E-state index is -1.19. The molecule has 4 aliphatic rings. The molecule has 0 aromatic rings. The highest BCUT2D eigenvalue weighted by Crippen LogP contribution is 2.68. The van der Waals surface area contributed by atoms with Gasteiger partial charge in [0.2, 0.25) is 0 Å². The van der Waals surface area contributed by atoms with E-state index >= 15 is 0 Å². The second kappa shape index (κ2) is 9.40. The predicted octanol–water partition coefficient (Wildman–Crippen LogP) is 5.74. The van der Waals surface area contributed by atoms with Crippen LogP contribution in [0.3, 0.4) is 0 Å². The molecule has 0 saturated heterocycles. The molecule has 4 fully saturated rings. The van der Waals surface area contributed by atoms with Crippen LogP contribution in [0.25, 0.3) is 0 Å². The van der Waals surface area contributed by atoms with E-state index in [1.54, 1.807) is 0 Å². The van der Waals surface area contributed by atoms with Crippen LogP contribution in [0.4, 0.5) is 0 Å². The first-order valence-corrected chi connectivity index (χ1v) is 15.0. The van der Waals surface area contributed by atoms with Gasteiger partial charge >= 0.3 is 0 Å². The van der Waals surface area contributed by atoms with Crippen molar-refractivity contribution in [1.82, 2.24) is 0 Å². The van der Waals surface area contributed by atoms with E-state index in [9.17, 15) is 20.1 Å². The largest absolute Gasteiger partial charge is 0.390 e. The predicted molar refractivity (Wildman–Crippen MR) is 140 cm³/mol. The lowest BCUT2D eigenvalue weighted by Crippen LogP contribution is -2.66. The molecule has 4 nitrogen and oxygen atoms in total. The molecule has 3 N–H and O–H groups in total. The number of Topliss-reactive ketones (excluding diaryl/α,β-unsaturated/α-hetero) is 1. The normalized spacial score (nSPS) is 48.0. The van der Waals surface area contributed by atoms with Gasteiger partial charge in [0.25, 0.3) is 0 Å². The van der Waals surface area contributed by atoms with Gasteiger partial charge in [0.15, 0.2) is 5.78 Å². The molecule has 4 aliphatic carbocycles. The molecule has 4 rings (SSSR count). The zero-order valence-corrected chi connectivity index (χ0v) is 23.9. The third-order valence-corrected chi connectivity index (χ3v) is 12.7. The monoisotopic (exact) mass is 540 g/mol. The maximum atomic E-state index is 13.5. The maximum absolute atomic E-state index is 13.5. The topological polar surface area (TPSA) is 77.8 Å². The third kappa shape index (κ3) is 3.89. The van der Waals surface area contributed by atoms with Crippen LogP contribution >= 0.6 is 15.9 Å². The molecule has 0 heterocycles. The van der Waals surface area contributed by atoms with Crippen molar-refractivity contribution in [3.05, 3.63) is 0 Å². The van der Waals surface area contributed by atoms with Gasteiger partial charge in [-0.2, -0.15) is 0 Å². The van der Waals surface area contributed by atoms with E-state index in [2.05, 4.69) is 57.5 Å². The van der Waals surface area contributed by atoms with Crippen molar-refractivity contribution in [2.45, 2.75) is 122 Å². The number of hydrogen-bond donors (Lipinski definition) is 3. The fourth-order valence-electron chi connectivity index (χ4n) is 9.80. The molecule has 196 valence electrons. The zero-order valence-electron chi connectivity index (χ0n) is 22.3. The van der Waals surface area contributed by atoms with E-state index in [4.69, 9.17) is 0 Å². The summed E-state index contributed by atoms with van der Waals surface area (Å²) in [6, 6.07) is 0. The molecule has 34 heavy (non-hydrogen) atoms. The van der Waals surface area contributed by atoms with Gasteiger partial charge in [-0.1, -0.05) is 63.9 Å². The number of alkyl halides is 1. The second-order valence-corrected chi connectivity index (χ2v) is 14.8. The molecule has 0 aliphatic heterocycles. The summed E-state index contributed by atoms with van der Waals surface area (Å²) in [6.45, 7) is 13.1. The highest BCUT2D eigenvalue weighted by molar-refractivity contribution is 9.09. The number of halogens is 1. The summed E-state index contributed by atoms with van der Waals surface area (Å²) in [4.78, 5) is 13.7. The molecule has 12 atom stereocenters. The van der Waals surface area contributed by atoms with Crippen molar-refractivity contribution >= 4 is 21.7 Å². The number of rotatable bonds is 6. The SMILES string of the molecule is CC[C@@H](C(C)C)C(O)C(O)[C@@H](C)[C@H]1CC[C@H]2[C@@H]3CC(=O)[C@@]4(O)C[C@@H](Br)CC[C@]4(C)[C@H]3CC[C@]12C. The van der Waals surface area contributed by atoms with E-state index < -0.39 is 17.8 Å². The molecule has 0 amide bonds. The van der Waals surface area contributed by atoms with Crippen LogP contribution in [-0.2, 0) is 4.79 Å². The number of fused-ring (bicyclic) bond motifs is 5. The maximum Gasteiger partial charge on any atom is 0.165 e. The number of ketones is 1. The van der Waals surface area contributed by atoms with Gasteiger partial charge in [-0.15, -0.1) is 0 Å². The summed E-state index contributed by atoms with van der Waals surface area (Å²) in [5.41, 5.74) is -1.44. The van der Waals surface area contributed by atoms with Gasteiger partial charge < -0.3 is 15.3 Å². The molecule has 2 unspecified atom stereocenters. The minimum Gasteiger partial charge on any atom is -0.390 e. The van der Waals surface area contributed by atoms with Crippen LogP contribution in [0, 0.1) is 52.3 Å². The quantitative estimate of drug-likeness (QED) is 0.375. The highest BCUT2D eigenvalue weighted by Gasteiger charge is 2.67. The zero-order chi connectivity index (χ0) is 25.2. The number of aliphatic hydroxyl groups is 3. The van der Waals surface area contributed by atoms with Gasteiger partial charge in [0, 0.05) is 16.7 Å². The van der Waals surface area contributed by atoms with Crippen LogP contribution in [0.1, 0.15) is 99.3 Å². The Kier molecular flexibility index (Phi) is 7.49. The Balaban J connectivity index is 1.57.